The van der Waals surface area contributed by atoms with Crippen LogP contribution < -0.4 is 0 Å². The maximum Gasteiger partial charge on any atom is 0.257 e. The van der Waals surface area contributed by atoms with E-state index in [9.17, 15) is 24.0 Å². The highest BCUT2D eigenvalue weighted by molar-refractivity contribution is 6.32. The number of ketones is 2. The van der Waals surface area contributed by atoms with Crippen molar-refractivity contribution < 1.29 is 24.0 Å². The molecule has 124 valence electrons. The van der Waals surface area contributed by atoms with E-state index < -0.39 is 35.2 Å². The Morgan fingerprint density at radius 3 is 2.00 bits per heavy atom. The summed E-state index contributed by atoms with van der Waals surface area (Å²) in [6.45, 7) is 0. The highest BCUT2D eigenvalue weighted by Crippen LogP contribution is 2.42. The van der Waals surface area contributed by atoms with E-state index in [-0.39, 0.29) is 28.0 Å². The van der Waals surface area contributed by atoms with Gasteiger partial charge in [-0.25, -0.2) is 0 Å². The smallest absolute Gasteiger partial charge is 0.257 e. The third-order valence-corrected chi connectivity index (χ3v) is 4.80. The first-order chi connectivity index (χ1) is 11.8. The van der Waals surface area contributed by atoms with E-state index in [0.717, 1.165) is 15.9 Å². The van der Waals surface area contributed by atoms with E-state index in [1.54, 1.807) is 12.1 Å². The molecule has 1 aromatic carbocycles. The van der Waals surface area contributed by atoms with Crippen LogP contribution in [-0.4, -0.2) is 53.2 Å². The first-order valence-corrected chi connectivity index (χ1v) is 7.58. The zero-order valence-electron chi connectivity index (χ0n) is 13.4. The molecule has 0 N–H and O–H groups in total. The second-order valence-corrected chi connectivity index (χ2v) is 6.10. The van der Waals surface area contributed by atoms with Crippen molar-refractivity contribution in [1.82, 2.24) is 9.80 Å². The van der Waals surface area contributed by atoms with Gasteiger partial charge in [0.25, 0.3) is 11.8 Å². The normalized spacial score (nSPS) is 22.7. The Morgan fingerprint density at radius 2 is 1.44 bits per heavy atom. The number of benzene rings is 1. The number of amides is 3. The lowest BCUT2D eigenvalue weighted by Crippen LogP contribution is -2.32. The second kappa shape index (κ2) is 4.83. The van der Waals surface area contributed by atoms with Crippen molar-refractivity contribution in [1.29, 1.82) is 0 Å². The van der Waals surface area contributed by atoms with Crippen LogP contribution in [0.15, 0.2) is 47.2 Å². The lowest BCUT2D eigenvalue weighted by molar-refractivity contribution is -0.137. The Bertz CT molecular complexity index is 985. The topological polar surface area (TPSA) is 91.8 Å². The van der Waals surface area contributed by atoms with Crippen LogP contribution in [0.1, 0.15) is 20.7 Å². The summed E-state index contributed by atoms with van der Waals surface area (Å²) in [5.41, 5.74) is 0.305. The van der Waals surface area contributed by atoms with Gasteiger partial charge >= 0.3 is 0 Å². The first-order valence-electron chi connectivity index (χ1n) is 7.58. The number of fused-ring (bicyclic) bond motifs is 1. The molecule has 0 aromatic heterocycles. The summed E-state index contributed by atoms with van der Waals surface area (Å²) >= 11 is 0. The molecule has 0 radical (unpaired) electrons. The van der Waals surface area contributed by atoms with E-state index >= 15 is 0 Å². The molecule has 4 rings (SSSR count). The van der Waals surface area contributed by atoms with Gasteiger partial charge < -0.3 is 4.90 Å². The molecular formula is C18H12N2O5. The number of imide groups is 1. The Hall–Kier alpha value is -3.35. The van der Waals surface area contributed by atoms with Crippen LogP contribution in [0, 0.1) is 5.92 Å². The predicted octanol–water partition coefficient (Wildman–Crippen LogP) is 0.333. The maximum atomic E-state index is 12.9. The Balaban J connectivity index is 1.93. The second-order valence-electron chi connectivity index (χ2n) is 6.10. The minimum Gasteiger partial charge on any atom is -0.311 e. The van der Waals surface area contributed by atoms with Gasteiger partial charge in [-0.2, -0.15) is 0 Å². The van der Waals surface area contributed by atoms with E-state index in [4.69, 9.17) is 0 Å². The van der Waals surface area contributed by atoms with Crippen molar-refractivity contribution in [2.45, 2.75) is 0 Å². The number of likely N-dealkylation sites (N-methyl/N-ethyl adjacent to an activating group) is 2. The van der Waals surface area contributed by atoms with E-state index in [2.05, 4.69) is 0 Å². The molecule has 1 aromatic rings. The molecule has 1 unspecified atom stereocenters. The summed E-state index contributed by atoms with van der Waals surface area (Å²) in [6.07, 6.45) is 1.06. The number of allylic oxidation sites excluding steroid dienone is 1. The van der Waals surface area contributed by atoms with Gasteiger partial charge in [0, 0.05) is 42.4 Å². The average molecular weight is 336 g/mol. The summed E-state index contributed by atoms with van der Waals surface area (Å²) in [4.78, 5) is 64.5. The number of carbonyl (C=O) groups excluding carboxylic acids is 5. The van der Waals surface area contributed by atoms with Crippen LogP contribution in [0.2, 0.25) is 0 Å². The minimum absolute atomic E-state index is 0.0191. The minimum atomic E-state index is -1.23. The highest BCUT2D eigenvalue weighted by Gasteiger charge is 2.51. The van der Waals surface area contributed by atoms with Gasteiger partial charge in [-0.05, 0) is 0 Å². The maximum absolute atomic E-state index is 12.9. The van der Waals surface area contributed by atoms with Crippen LogP contribution in [0.25, 0.3) is 0 Å². The van der Waals surface area contributed by atoms with E-state index in [1.165, 1.54) is 26.2 Å². The Morgan fingerprint density at radius 1 is 0.840 bits per heavy atom. The van der Waals surface area contributed by atoms with Gasteiger partial charge in [0.2, 0.25) is 11.7 Å². The number of hydrogen-bond acceptors (Lipinski definition) is 5. The third kappa shape index (κ3) is 1.77. The molecule has 0 bridgehead atoms. The van der Waals surface area contributed by atoms with Gasteiger partial charge in [-0.3, -0.25) is 28.9 Å². The van der Waals surface area contributed by atoms with Crippen LogP contribution in [0.5, 0.6) is 0 Å². The highest BCUT2D eigenvalue weighted by atomic mass is 16.2. The molecule has 0 saturated carbocycles. The van der Waals surface area contributed by atoms with Crippen molar-refractivity contribution in [3.63, 3.8) is 0 Å². The fourth-order valence-corrected chi connectivity index (χ4v) is 3.49. The zero-order valence-corrected chi connectivity index (χ0v) is 13.4. The number of nitrogens with zero attached hydrogens (tertiary/aromatic N) is 2. The molecule has 0 fully saturated rings. The van der Waals surface area contributed by atoms with Crippen molar-refractivity contribution in [3.8, 4) is 0 Å². The van der Waals surface area contributed by atoms with Crippen LogP contribution in [0.3, 0.4) is 0 Å². The molecule has 3 aliphatic rings. The summed E-state index contributed by atoms with van der Waals surface area (Å²) in [6, 6.07) is 6.31. The van der Waals surface area contributed by atoms with Crippen molar-refractivity contribution in [2.24, 2.45) is 5.92 Å². The number of rotatable bonds is 1. The van der Waals surface area contributed by atoms with Gasteiger partial charge in [0.05, 0.1) is 0 Å². The predicted molar refractivity (Wildman–Crippen MR) is 84.2 cm³/mol. The molecule has 2 heterocycles. The molecule has 25 heavy (non-hydrogen) atoms. The van der Waals surface area contributed by atoms with Gasteiger partial charge in [-0.1, -0.05) is 24.3 Å². The molecule has 7 nitrogen and oxygen atoms in total. The van der Waals surface area contributed by atoms with Crippen molar-refractivity contribution in [2.75, 3.05) is 14.1 Å². The van der Waals surface area contributed by atoms with Crippen molar-refractivity contribution >= 4 is 29.3 Å². The molecule has 0 spiro atoms. The van der Waals surface area contributed by atoms with E-state index in [0.29, 0.717) is 0 Å². The zero-order chi connectivity index (χ0) is 18.0. The van der Waals surface area contributed by atoms with Gasteiger partial charge in [-0.15, -0.1) is 0 Å². The molecule has 7 heteroatoms. The quantitative estimate of drug-likeness (QED) is 0.689. The SMILES string of the molecule is CN1C(=O)C=C(C2C(=O)N(C)C3=C2C(=O)c2ccccc2C3=O)C1=O. The summed E-state index contributed by atoms with van der Waals surface area (Å²) in [7, 11) is 2.69. The Labute approximate surface area is 142 Å². The van der Waals surface area contributed by atoms with Gasteiger partial charge in [0.1, 0.15) is 11.6 Å². The monoisotopic (exact) mass is 336 g/mol. The lowest BCUT2D eigenvalue weighted by atomic mass is 9.81. The number of Topliss-reactive ketones (excluding diaryl/α,β-unsaturated/α-hetero) is 2. The first kappa shape index (κ1) is 15.2. The summed E-state index contributed by atoms with van der Waals surface area (Å²) in [5.74, 6) is -3.89. The molecule has 1 atom stereocenters. The molecule has 3 amide bonds. The largest absolute Gasteiger partial charge is 0.311 e. The molecular weight excluding hydrogens is 324 g/mol. The summed E-state index contributed by atoms with van der Waals surface area (Å²) in [5, 5.41) is 0. The number of carbonyl (C=O) groups is 5. The molecule has 1 aliphatic carbocycles. The van der Waals surface area contributed by atoms with Crippen LogP contribution >= 0.6 is 0 Å². The van der Waals surface area contributed by atoms with E-state index in [1.807, 2.05) is 0 Å². The van der Waals surface area contributed by atoms with Crippen molar-refractivity contribution in [3.05, 3.63) is 58.3 Å². The van der Waals surface area contributed by atoms with Crippen LogP contribution in [0.4, 0.5) is 0 Å². The lowest BCUT2D eigenvalue weighted by Gasteiger charge is -2.19. The molecule has 2 aliphatic heterocycles. The third-order valence-electron chi connectivity index (χ3n) is 4.80. The standard InChI is InChI=1S/C18H12N2O5/c1-19-11(21)7-10(17(19)24)12-13-14(20(2)18(12)25)16(23)9-6-4-3-5-8(9)15(13)22/h3-7,12H,1-2H3. The average Bonchev–Trinajstić information content (AvgIpc) is 3.01. The summed E-state index contributed by atoms with van der Waals surface area (Å²) < 4.78 is 0. The fraction of sp³-hybridized carbons (Fsp3) is 0.167. The van der Waals surface area contributed by atoms with Gasteiger partial charge in [0.15, 0.2) is 5.78 Å². The fourth-order valence-electron chi connectivity index (χ4n) is 3.49. The Kier molecular flexibility index (Phi) is 2.93. The number of hydrogen-bond donors (Lipinski definition) is 0. The molecule has 0 saturated heterocycles. The van der Waals surface area contributed by atoms with Crippen LogP contribution in [-0.2, 0) is 14.4 Å².